The Morgan fingerprint density at radius 2 is 1.33 bits per heavy atom. The molecule has 2 rings (SSSR count). The first-order chi connectivity index (χ1) is 18.3. The molecule has 16 nitrogen and oxygen atoms in total. The van der Waals surface area contributed by atoms with Crippen LogP contribution in [0.15, 0.2) is 36.8 Å². The summed E-state index contributed by atoms with van der Waals surface area (Å²) in [6, 6.07) is -0.495. The van der Waals surface area contributed by atoms with Crippen molar-refractivity contribution in [2.75, 3.05) is 0 Å². The van der Waals surface area contributed by atoms with Crippen molar-refractivity contribution in [1.29, 1.82) is 0 Å². The number of H-pyrrole nitrogens is 1. The number of nitrogens with one attached hydrogen (secondary N) is 4. The van der Waals surface area contributed by atoms with E-state index in [9.17, 15) is 39.0 Å². The maximum atomic E-state index is 13.3. The number of carboxylic acids is 3. The van der Waals surface area contributed by atoms with Crippen LogP contribution in [0.3, 0.4) is 0 Å². The summed E-state index contributed by atoms with van der Waals surface area (Å²) < 4.78 is 0. The van der Waals surface area contributed by atoms with Crippen molar-refractivity contribution < 1.29 is 49.2 Å². The smallest absolute Gasteiger partial charge is 0.326 e. The van der Waals surface area contributed by atoms with E-state index in [1.54, 1.807) is 0 Å². The third kappa shape index (κ3) is 10.1. The average molecular weight is 549 g/mol. The lowest BCUT2D eigenvalue weighted by atomic mass is 10.0. The molecule has 1 heterocycles. The lowest BCUT2D eigenvalue weighted by Crippen LogP contribution is -2.58. The predicted octanol–water partition coefficient (Wildman–Crippen LogP) is -2.28. The van der Waals surface area contributed by atoms with E-state index in [2.05, 4.69) is 25.9 Å². The van der Waals surface area contributed by atoms with E-state index in [-0.39, 0.29) is 18.6 Å². The predicted molar refractivity (Wildman–Crippen MR) is 130 cm³/mol. The maximum absolute atomic E-state index is 13.3. The number of nitrogens with zero attached hydrogens (tertiary/aromatic N) is 1. The summed E-state index contributed by atoms with van der Waals surface area (Å²) in [6.45, 7) is 0. The van der Waals surface area contributed by atoms with Crippen LogP contribution in [-0.2, 0) is 41.6 Å². The molecule has 4 atom stereocenters. The van der Waals surface area contributed by atoms with Crippen LogP contribution in [0, 0.1) is 0 Å². The molecule has 0 aliphatic rings. The summed E-state index contributed by atoms with van der Waals surface area (Å²) >= 11 is 0. The Balaban J connectivity index is 2.30. The zero-order valence-corrected chi connectivity index (χ0v) is 20.4. The summed E-state index contributed by atoms with van der Waals surface area (Å²) in [5, 5.41) is 43.5. The lowest BCUT2D eigenvalue weighted by Gasteiger charge is -2.25. The highest BCUT2D eigenvalue weighted by Crippen LogP contribution is 2.12. The summed E-state index contributed by atoms with van der Waals surface area (Å²) in [5.74, 6) is -7.39. The van der Waals surface area contributed by atoms with Gasteiger partial charge in [0.05, 0.1) is 25.2 Å². The molecule has 1 aromatic carbocycles. The number of phenols is 1. The van der Waals surface area contributed by atoms with Crippen molar-refractivity contribution in [2.45, 2.75) is 49.9 Å². The van der Waals surface area contributed by atoms with E-state index in [4.69, 9.17) is 15.9 Å². The minimum atomic E-state index is -1.79. The molecule has 1 aromatic heterocycles. The fourth-order valence-corrected chi connectivity index (χ4v) is 3.38. The Morgan fingerprint density at radius 3 is 1.85 bits per heavy atom. The quantitative estimate of drug-likeness (QED) is 0.114. The molecule has 0 spiro atoms. The topological polar surface area (TPSA) is 274 Å². The Morgan fingerprint density at radius 1 is 0.795 bits per heavy atom. The number of aromatic hydroxyl groups is 1. The zero-order valence-electron chi connectivity index (χ0n) is 20.4. The van der Waals surface area contributed by atoms with Gasteiger partial charge in [0.1, 0.15) is 23.9 Å². The Bertz CT molecular complexity index is 1180. The van der Waals surface area contributed by atoms with E-state index < -0.39 is 72.6 Å². The van der Waals surface area contributed by atoms with E-state index >= 15 is 0 Å². The van der Waals surface area contributed by atoms with E-state index in [0.29, 0.717) is 11.3 Å². The Labute approximate surface area is 220 Å². The van der Waals surface area contributed by atoms with Crippen molar-refractivity contribution in [3.8, 4) is 5.75 Å². The SMILES string of the molecule is NC(CC(=O)O)C(=O)NC(Cc1ccc(O)cc1)C(=O)NC(Cc1cnc[nH]1)C(=O)NC(CC(=O)O)C(=O)O. The molecule has 0 bridgehead atoms. The Kier molecular flexibility index (Phi) is 10.9. The van der Waals surface area contributed by atoms with Gasteiger partial charge in [0.2, 0.25) is 17.7 Å². The number of carboxylic acid groups (broad SMARTS) is 3. The number of benzene rings is 1. The van der Waals surface area contributed by atoms with Crippen molar-refractivity contribution in [3.05, 3.63) is 48.0 Å². The molecule has 0 radical (unpaired) electrons. The molecule has 0 aliphatic heterocycles. The molecular formula is C23H28N6O10. The molecular weight excluding hydrogens is 520 g/mol. The second-order valence-electron chi connectivity index (χ2n) is 8.48. The average Bonchev–Trinajstić information content (AvgIpc) is 3.36. The third-order valence-electron chi connectivity index (χ3n) is 5.35. The fraction of sp³-hybridized carbons (Fsp3) is 0.348. The second-order valence-corrected chi connectivity index (χ2v) is 8.48. The van der Waals surface area contributed by atoms with Crippen LogP contribution < -0.4 is 21.7 Å². The summed E-state index contributed by atoms with van der Waals surface area (Å²) in [6.07, 6.45) is 0.632. The number of phenolic OH excluding ortho intramolecular Hbond substituents is 1. The standard InChI is InChI=1S/C23H28N6O10/c24-14(7-18(31)32)20(35)27-15(5-11-1-3-13(30)4-2-11)21(36)28-16(6-12-9-25-10-26-12)22(37)29-17(23(38)39)8-19(33)34/h1-4,9-10,14-17,30H,5-8,24H2,(H,25,26)(H,27,35)(H,28,36)(H,29,37)(H,31,32)(H,33,34)(H,38,39). The van der Waals surface area contributed by atoms with Gasteiger partial charge in [0.15, 0.2) is 0 Å². The van der Waals surface area contributed by atoms with Crippen molar-refractivity contribution in [2.24, 2.45) is 5.73 Å². The molecule has 2 aromatic rings. The summed E-state index contributed by atoms with van der Waals surface area (Å²) in [7, 11) is 0. The molecule has 0 saturated carbocycles. The van der Waals surface area contributed by atoms with Crippen molar-refractivity contribution in [1.82, 2.24) is 25.9 Å². The van der Waals surface area contributed by atoms with Gasteiger partial charge in [-0.15, -0.1) is 0 Å². The monoisotopic (exact) mass is 548 g/mol. The molecule has 0 aliphatic carbocycles. The number of rotatable bonds is 15. The van der Waals surface area contributed by atoms with Gasteiger partial charge in [-0.25, -0.2) is 9.78 Å². The molecule has 0 fully saturated rings. The van der Waals surface area contributed by atoms with Crippen LogP contribution in [0.25, 0.3) is 0 Å². The summed E-state index contributed by atoms with van der Waals surface area (Å²) in [4.78, 5) is 78.7. The maximum Gasteiger partial charge on any atom is 0.326 e. The second kappa shape index (κ2) is 14.1. The first-order valence-electron chi connectivity index (χ1n) is 11.4. The van der Waals surface area contributed by atoms with Crippen molar-refractivity contribution in [3.63, 3.8) is 0 Å². The highest BCUT2D eigenvalue weighted by molar-refractivity contribution is 5.95. The van der Waals surface area contributed by atoms with Crippen LogP contribution >= 0.6 is 0 Å². The Hall–Kier alpha value is -4.99. The van der Waals surface area contributed by atoms with Gasteiger partial charge in [0, 0.05) is 24.7 Å². The first-order valence-corrected chi connectivity index (χ1v) is 11.4. The molecule has 4 unspecified atom stereocenters. The number of amides is 3. The van der Waals surface area contributed by atoms with E-state index in [0.717, 1.165) is 0 Å². The van der Waals surface area contributed by atoms with Crippen molar-refractivity contribution >= 4 is 35.6 Å². The van der Waals surface area contributed by atoms with E-state index in [1.807, 2.05) is 0 Å². The molecule has 0 saturated heterocycles. The zero-order chi connectivity index (χ0) is 29.1. The minimum absolute atomic E-state index is 0.0575. The number of imidazole rings is 1. The van der Waals surface area contributed by atoms with Gasteiger partial charge in [-0.3, -0.25) is 24.0 Å². The van der Waals surface area contributed by atoms with E-state index in [1.165, 1.54) is 36.8 Å². The minimum Gasteiger partial charge on any atom is -0.508 e. The normalized spacial score (nSPS) is 13.8. The lowest BCUT2D eigenvalue weighted by molar-refractivity contribution is -0.147. The molecule has 39 heavy (non-hydrogen) atoms. The number of hydrogen-bond acceptors (Lipinski definition) is 9. The van der Waals surface area contributed by atoms with Gasteiger partial charge in [-0.2, -0.15) is 0 Å². The highest BCUT2D eigenvalue weighted by Gasteiger charge is 2.32. The largest absolute Gasteiger partial charge is 0.508 e. The third-order valence-corrected chi connectivity index (χ3v) is 5.35. The number of hydrogen-bond donors (Lipinski definition) is 9. The number of nitrogens with two attached hydrogens (primary N) is 1. The van der Waals surface area contributed by atoms with Gasteiger partial charge in [0.25, 0.3) is 0 Å². The molecule has 16 heteroatoms. The van der Waals surface area contributed by atoms with Crippen LogP contribution in [0.2, 0.25) is 0 Å². The molecule has 3 amide bonds. The number of aliphatic carboxylic acids is 3. The highest BCUT2D eigenvalue weighted by atomic mass is 16.4. The van der Waals surface area contributed by atoms with Crippen LogP contribution in [0.5, 0.6) is 5.75 Å². The van der Waals surface area contributed by atoms with Gasteiger partial charge in [-0.05, 0) is 17.7 Å². The first kappa shape index (κ1) is 30.2. The van der Waals surface area contributed by atoms with Crippen LogP contribution in [-0.4, -0.2) is 90.2 Å². The van der Waals surface area contributed by atoms with Gasteiger partial charge in [-0.1, -0.05) is 12.1 Å². The van der Waals surface area contributed by atoms with Gasteiger partial charge >= 0.3 is 17.9 Å². The number of carbonyl (C=O) groups excluding carboxylic acids is 3. The summed E-state index contributed by atoms with van der Waals surface area (Å²) in [5.41, 5.74) is 6.44. The van der Waals surface area contributed by atoms with Crippen LogP contribution in [0.1, 0.15) is 24.1 Å². The number of aromatic amines is 1. The van der Waals surface area contributed by atoms with Crippen LogP contribution in [0.4, 0.5) is 0 Å². The molecule has 10 N–H and O–H groups in total. The molecule has 210 valence electrons. The number of carbonyl (C=O) groups is 6. The fourth-order valence-electron chi connectivity index (χ4n) is 3.38. The number of aromatic nitrogens is 2. The van der Waals surface area contributed by atoms with Gasteiger partial charge < -0.3 is 47.1 Å².